The number of aryl methyl sites for hydroxylation is 2. The molecule has 0 heterocycles. The van der Waals surface area contributed by atoms with Crippen molar-refractivity contribution < 1.29 is 14.8 Å². The van der Waals surface area contributed by atoms with Gasteiger partial charge in [-0.2, -0.15) is 0 Å². The summed E-state index contributed by atoms with van der Waals surface area (Å²) in [7, 11) is 0. The van der Waals surface area contributed by atoms with Gasteiger partial charge in [0.15, 0.2) is 0 Å². The number of benzene rings is 2. The zero-order valence-corrected chi connectivity index (χ0v) is 13.7. The van der Waals surface area contributed by atoms with Gasteiger partial charge in [-0.15, -0.1) is 0 Å². The molecule has 0 radical (unpaired) electrons. The number of aliphatic hydroxyl groups excluding tert-OH is 1. The first-order chi connectivity index (χ1) is 11.5. The lowest BCUT2D eigenvalue weighted by Gasteiger charge is -2.18. The van der Waals surface area contributed by atoms with Crippen LogP contribution in [0.15, 0.2) is 42.5 Å². The Morgan fingerprint density at radius 1 is 1.25 bits per heavy atom. The molecular formula is C18H20N2O4. The van der Waals surface area contributed by atoms with E-state index in [1.54, 1.807) is 6.92 Å². The molecule has 6 heteroatoms. The summed E-state index contributed by atoms with van der Waals surface area (Å²) in [5.74, 6) is -0.374. The molecule has 0 saturated carbocycles. The Morgan fingerprint density at radius 2 is 1.92 bits per heavy atom. The number of nitrogens with zero attached hydrogens (tertiary/aromatic N) is 1. The predicted molar refractivity (Wildman–Crippen MR) is 90.9 cm³/mol. The van der Waals surface area contributed by atoms with E-state index in [2.05, 4.69) is 12.2 Å². The molecule has 2 rings (SSSR count). The number of rotatable bonds is 6. The summed E-state index contributed by atoms with van der Waals surface area (Å²) in [5.41, 5.74) is 2.79. The number of nitro benzene ring substituents is 1. The predicted octanol–water partition coefficient (Wildman–Crippen LogP) is 2.93. The van der Waals surface area contributed by atoms with Crippen molar-refractivity contribution in [1.29, 1.82) is 0 Å². The molecule has 2 aromatic rings. The second-order valence-electron chi connectivity index (χ2n) is 5.56. The summed E-state index contributed by atoms with van der Waals surface area (Å²) in [5, 5.41) is 23.1. The summed E-state index contributed by atoms with van der Waals surface area (Å²) in [6.45, 7) is 3.47. The zero-order valence-electron chi connectivity index (χ0n) is 13.7. The van der Waals surface area contributed by atoms with E-state index in [-0.39, 0.29) is 18.2 Å². The van der Waals surface area contributed by atoms with Crippen molar-refractivity contribution in [2.24, 2.45) is 0 Å². The maximum Gasteiger partial charge on any atom is 0.269 e. The van der Waals surface area contributed by atoms with E-state index in [1.807, 2.05) is 24.3 Å². The van der Waals surface area contributed by atoms with Crippen LogP contribution in [-0.4, -0.2) is 22.5 Å². The zero-order chi connectivity index (χ0) is 17.7. The molecule has 0 bridgehead atoms. The second kappa shape index (κ2) is 7.70. The molecule has 0 aliphatic rings. The highest BCUT2D eigenvalue weighted by Gasteiger charge is 2.18. The Bertz CT molecular complexity index is 741. The van der Waals surface area contributed by atoms with E-state index in [0.29, 0.717) is 11.1 Å². The topological polar surface area (TPSA) is 92.5 Å². The molecule has 126 valence electrons. The van der Waals surface area contributed by atoms with Crippen LogP contribution < -0.4 is 5.32 Å². The number of non-ortho nitro benzene ring substituents is 1. The average Bonchev–Trinajstić information content (AvgIpc) is 2.59. The normalized spacial score (nSPS) is 11.8. The van der Waals surface area contributed by atoms with E-state index in [1.165, 1.54) is 23.8 Å². The third-order valence-corrected chi connectivity index (χ3v) is 3.94. The molecule has 24 heavy (non-hydrogen) atoms. The van der Waals surface area contributed by atoms with Gasteiger partial charge < -0.3 is 10.4 Å². The van der Waals surface area contributed by atoms with Crippen LogP contribution in [0.2, 0.25) is 0 Å². The number of hydrogen-bond donors (Lipinski definition) is 2. The largest absolute Gasteiger partial charge is 0.394 e. The van der Waals surface area contributed by atoms with E-state index in [9.17, 15) is 20.0 Å². The lowest BCUT2D eigenvalue weighted by atomic mass is 10.0. The van der Waals surface area contributed by atoms with Gasteiger partial charge in [0.2, 0.25) is 0 Å². The summed E-state index contributed by atoms with van der Waals surface area (Å²) in [6, 6.07) is 11.2. The molecule has 6 nitrogen and oxygen atoms in total. The van der Waals surface area contributed by atoms with Crippen molar-refractivity contribution in [2.75, 3.05) is 6.61 Å². The third-order valence-electron chi connectivity index (χ3n) is 3.94. The second-order valence-corrected chi connectivity index (χ2v) is 5.56. The Morgan fingerprint density at radius 3 is 2.42 bits per heavy atom. The van der Waals surface area contributed by atoms with Crippen LogP contribution in [0, 0.1) is 17.0 Å². The Balaban J connectivity index is 2.18. The smallest absolute Gasteiger partial charge is 0.269 e. The molecule has 0 aliphatic heterocycles. The van der Waals surface area contributed by atoms with E-state index < -0.39 is 11.0 Å². The van der Waals surface area contributed by atoms with Crippen LogP contribution in [0.3, 0.4) is 0 Å². The van der Waals surface area contributed by atoms with E-state index >= 15 is 0 Å². The van der Waals surface area contributed by atoms with Crippen LogP contribution in [-0.2, 0) is 6.42 Å². The molecule has 1 amide bonds. The summed E-state index contributed by atoms with van der Waals surface area (Å²) in [6.07, 6.45) is 0.915. The number of nitrogens with one attached hydrogen (secondary N) is 1. The lowest BCUT2D eigenvalue weighted by molar-refractivity contribution is -0.384. The number of carbonyl (C=O) groups excluding carboxylic acids is 1. The quantitative estimate of drug-likeness (QED) is 0.630. The summed E-state index contributed by atoms with van der Waals surface area (Å²) < 4.78 is 0. The van der Waals surface area contributed by atoms with E-state index in [0.717, 1.165) is 12.0 Å². The maximum absolute atomic E-state index is 12.4. The molecule has 0 saturated heterocycles. The number of amides is 1. The first kappa shape index (κ1) is 17.6. The molecular weight excluding hydrogens is 308 g/mol. The van der Waals surface area contributed by atoms with Gasteiger partial charge in [0.05, 0.1) is 17.6 Å². The van der Waals surface area contributed by atoms with E-state index in [4.69, 9.17) is 0 Å². The fourth-order valence-electron chi connectivity index (χ4n) is 2.47. The molecule has 2 aromatic carbocycles. The van der Waals surface area contributed by atoms with Gasteiger partial charge in [-0.3, -0.25) is 14.9 Å². The molecule has 2 N–H and O–H groups in total. The van der Waals surface area contributed by atoms with Gasteiger partial charge in [-0.25, -0.2) is 0 Å². The minimum Gasteiger partial charge on any atom is -0.394 e. The first-order valence-corrected chi connectivity index (χ1v) is 7.71. The van der Waals surface area contributed by atoms with Crippen LogP contribution in [0.25, 0.3) is 0 Å². The minimum atomic E-state index is -0.530. The minimum absolute atomic E-state index is 0.0575. The van der Waals surface area contributed by atoms with Gasteiger partial charge >= 0.3 is 0 Å². The van der Waals surface area contributed by atoms with Crippen molar-refractivity contribution in [3.05, 3.63) is 74.8 Å². The van der Waals surface area contributed by atoms with Gasteiger partial charge in [-0.1, -0.05) is 31.2 Å². The standard InChI is InChI=1S/C18H20N2O4/c1-3-13-4-6-14(7-5-13)17(11-21)19-18(22)16-9-8-15(20(23)24)10-12(16)2/h4-10,17,21H,3,11H2,1-2H3,(H,19,22). The van der Waals surface area contributed by atoms with Crippen LogP contribution >= 0.6 is 0 Å². The fraction of sp³-hybridized carbons (Fsp3) is 0.278. The Hall–Kier alpha value is -2.73. The van der Waals surface area contributed by atoms with Crippen molar-refractivity contribution in [2.45, 2.75) is 26.3 Å². The highest BCUT2D eigenvalue weighted by atomic mass is 16.6. The molecule has 0 spiro atoms. The van der Waals surface area contributed by atoms with Crippen molar-refractivity contribution in [3.8, 4) is 0 Å². The maximum atomic E-state index is 12.4. The Kier molecular flexibility index (Phi) is 5.65. The number of nitro groups is 1. The van der Waals surface area contributed by atoms with Gasteiger partial charge in [0.25, 0.3) is 11.6 Å². The number of carbonyl (C=O) groups is 1. The van der Waals surface area contributed by atoms with Gasteiger partial charge in [-0.05, 0) is 36.1 Å². The van der Waals surface area contributed by atoms with Crippen molar-refractivity contribution in [3.63, 3.8) is 0 Å². The van der Waals surface area contributed by atoms with Crippen molar-refractivity contribution >= 4 is 11.6 Å². The molecule has 0 fully saturated rings. The third kappa shape index (κ3) is 3.97. The molecule has 1 unspecified atom stereocenters. The van der Waals surface area contributed by atoms with Gasteiger partial charge in [0, 0.05) is 17.7 Å². The highest BCUT2D eigenvalue weighted by Crippen LogP contribution is 2.19. The first-order valence-electron chi connectivity index (χ1n) is 7.71. The van der Waals surface area contributed by atoms with Gasteiger partial charge in [0.1, 0.15) is 0 Å². The summed E-state index contributed by atoms with van der Waals surface area (Å²) in [4.78, 5) is 22.7. The molecule has 1 atom stereocenters. The monoisotopic (exact) mass is 328 g/mol. The highest BCUT2D eigenvalue weighted by molar-refractivity contribution is 5.96. The Labute approximate surface area is 140 Å². The van der Waals surface area contributed by atoms with Crippen molar-refractivity contribution in [1.82, 2.24) is 5.32 Å². The number of hydrogen-bond acceptors (Lipinski definition) is 4. The average molecular weight is 328 g/mol. The van der Waals surface area contributed by atoms with Crippen LogP contribution in [0.4, 0.5) is 5.69 Å². The molecule has 0 aromatic heterocycles. The summed E-state index contributed by atoms with van der Waals surface area (Å²) >= 11 is 0. The SMILES string of the molecule is CCc1ccc(C(CO)NC(=O)c2ccc([N+](=O)[O-])cc2C)cc1. The van der Waals surface area contributed by atoms with Crippen LogP contribution in [0.1, 0.15) is 40.0 Å². The number of aliphatic hydroxyl groups is 1. The van der Waals surface area contributed by atoms with Crippen LogP contribution in [0.5, 0.6) is 0 Å². The fourth-order valence-corrected chi connectivity index (χ4v) is 2.47. The molecule has 0 aliphatic carbocycles. The lowest BCUT2D eigenvalue weighted by Crippen LogP contribution is -2.31.